The van der Waals surface area contributed by atoms with Gasteiger partial charge in [0.15, 0.2) is 11.6 Å². The Morgan fingerprint density at radius 2 is 2.24 bits per heavy atom. The summed E-state index contributed by atoms with van der Waals surface area (Å²) >= 11 is 0. The minimum Gasteiger partial charge on any atom is -0.505 e. The Bertz CT molecular complexity index is 419. The van der Waals surface area contributed by atoms with E-state index in [9.17, 15) is 9.18 Å². The van der Waals surface area contributed by atoms with Crippen molar-refractivity contribution in [3.8, 4) is 5.75 Å². The zero-order valence-corrected chi connectivity index (χ0v) is 9.37. The summed E-state index contributed by atoms with van der Waals surface area (Å²) in [4.78, 5) is 11.5. The topological polar surface area (TPSA) is 61.4 Å². The zero-order chi connectivity index (χ0) is 12.3. The number of anilines is 1. The van der Waals surface area contributed by atoms with Crippen LogP contribution in [0.15, 0.2) is 18.2 Å². The van der Waals surface area contributed by atoms with E-state index in [1.807, 2.05) is 0 Å². The van der Waals surface area contributed by atoms with Crippen molar-refractivity contribution < 1.29 is 14.3 Å². The first kappa shape index (κ1) is 11.9. The highest BCUT2D eigenvalue weighted by atomic mass is 19.1. The number of phenols is 1. The maximum Gasteiger partial charge on any atom is 0.238 e. The summed E-state index contributed by atoms with van der Waals surface area (Å²) in [7, 11) is 0. The summed E-state index contributed by atoms with van der Waals surface area (Å²) in [5, 5.41) is 14.6. The molecule has 1 aliphatic carbocycles. The number of nitrogens with one attached hydrogen (secondary N) is 2. The Hall–Kier alpha value is -1.62. The molecule has 92 valence electrons. The summed E-state index contributed by atoms with van der Waals surface area (Å²) in [6.45, 7) is 1.08. The van der Waals surface area contributed by atoms with E-state index in [1.165, 1.54) is 25.0 Å². The van der Waals surface area contributed by atoms with E-state index in [0.717, 1.165) is 12.6 Å². The van der Waals surface area contributed by atoms with Crippen molar-refractivity contribution in [1.82, 2.24) is 5.32 Å². The molecule has 0 heterocycles. The minimum atomic E-state index is -0.742. The molecule has 3 N–H and O–H groups in total. The van der Waals surface area contributed by atoms with Gasteiger partial charge in [-0.1, -0.05) is 0 Å². The van der Waals surface area contributed by atoms with Crippen LogP contribution in [-0.2, 0) is 4.79 Å². The summed E-state index contributed by atoms with van der Waals surface area (Å²) < 4.78 is 13.0. The van der Waals surface area contributed by atoms with E-state index in [4.69, 9.17) is 5.11 Å². The SMILES string of the molecule is O=C(CNCC1CC1)Nc1ccc(O)c(F)c1. The molecule has 1 amide bonds. The van der Waals surface area contributed by atoms with E-state index in [1.54, 1.807) is 0 Å². The van der Waals surface area contributed by atoms with Crippen LogP contribution in [0, 0.1) is 11.7 Å². The summed E-state index contributed by atoms with van der Waals surface area (Å²) in [5.74, 6) is -0.659. The molecule has 17 heavy (non-hydrogen) atoms. The predicted octanol–water partition coefficient (Wildman–Crippen LogP) is 1.47. The van der Waals surface area contributed by atoms with Crippen LogP contribution in [0.2, 0.25) is 0 Å². The van der Waals surface area contributed by atoms with Gasteiger partial charge in [-0.05, 0) is 37.4 Å². The van der Waals surface area contributed by atoms with Gasteiger partial charge < -0.3 is 15.7 Å². The average Bonchev–Trinajstić information content (AvgIpc) is 3.07. The van der Waals surface area contributed by atoms with E-state index in [0.29, 0.717) is 11.6 Å². The van der Waals surface area contributed by atoms with E-state index in [2.05, 4.69) is 10.6 Å². The van der Waals surface area contributed by atoms with Gasteiger partial charge in [-0.25, -0.2) is 4.39 Å². The molecule has 0 saturated heterocycles. The largest absolute Gasteiger partial charge is 0.505 e. The predicted molar refractivity (Wildman–Crippen MR) is 62.3 cm³/mol. The monoisotopic (exact) mass is 238 g/mol. The van der Waals surface area contributed by atoms with Crippen molar-refractivity contribution in [2.45, 2.75) is 12.8 Å². The Morgan fingerprint density at radius 1 is 1.47 bits per heavy atom. The van der Waals surface area contributed by atoms with Gasteiger partial charge in [0.05, 0.1) is 6.54 Å². The molecule has 0 aromatic heterocycles. The highest BCUT2D eigenvalue weighted by Gasteiger charge is 2.20. The van der Waals surface area contributed by atoms with Crippen molar-refractivity contribution in [3.05, 3.63) is 24.0 Å². The number of benzene rings is 1. The standard InChI is InChI=1S/C12H15FN2O2/c13-10-5-9(3-4-11(10)16)15-12(17)7-14-6-8-1-2-8/h3-5,8,14,16H,1-2,6-7H2,(H,15,17). The lowest BCUT2D eigenvalue weighted by Gasteiger charge is -2.06. The van der Waals surface area contributed by atoms with Crippen LogP contribution in [0.4, 0.5) is 10.1 Å². The molecule has 2 rings (SSSR count). The highest BCUT2D eigenvalue weighted by molar-refractivity contribution is 5.92. The first-order chi connectivity index (χ1) is 8.15. The number of carbonyl (C=O) groups excluding carboxylic acids is 1. The van der Waals surface area contributed by atoms with Gasteiger partial charge in [0.1, 0.15) is 0 Å². The number of rotatable bonds is 5. The van der Waals surface area contributed by atoms with Crippen LogP contribution in [0.1, 0.15) is 12.8 Å². The molecule has 0 unspecified atom stereocenters. The van der Waals surface area contributed by atoms with Crippen molar-refractivity contribution in [3.63, 3.8) is 0 Å². The molecule has 0 atom stereocenters. The zero-order valence-electron chi connectivity index (χ0n) is 9.37. The normalized spacial score (nSPS) is 14.6. The summed E-state index contributed by atoms with van der Waals surface area (Å²) in [6.07, 6.45) is 2.47. The van der Waals surface area contributed by atoms with Gasteiger partial charge in [-0.3, -0.25) is 4.79 Å². The Labute approximate surface area is 98.8 Å². The Balaban J connectivity index is 1.77. The third kappa shape index (κ3) is 3.71. The van der Waals surface area contributed by atoms with E-state index >= 15 is 0 Å². The third-order valence-corrected chi connectivity index (χ3v) is 2.65. The molecule has 1 fully saturated rings. The number of aromatic hydroxyl groups is 1. The van der Waals surface area contributed by atoms with Crippen LogP contribution in [0.3, 0.4) is 0 Å². The van der Waals surface area contributed by atoms with Crippen LogP contribution >= 0.6 is 0 Å². The van der Waals surface area contributed by atoms with Crippen LogP contribution < -0.4 is 10.6 Å². The van der Waals surface area contributed by atoms with Gasteiger partial charge in [0.2, 0.25) is 5.91 Å². The van der Waals surface area contributed by atoms with Gasteiger partial charge in [-0.15, -0.1) is 0 Å². The first-order valence-corrected chi connectivity index (χ1v) is 5.64. The van der Waals surface area contributed by atoms with Crippen LogP contribution in [-0.4, -0.2) is 24.1 Å². The van der Waals surface area contributed by atoms with Gasteiger partial charge >= 0.3 is 0 Å². The molecule has 1 aromatic rings. The molecule has 0 radical (unpaired) electrons. The lowest BCUT2D eigenvalue weighted by molar-refractivity contribution is -0.115. The fraction of sp³-hybridized carbons (Fsp3) is 0.417. The summed E-state index contributed by atoms with van der Waals surface area (Å²) in [6, 6.07) is 3.76. The quantitative estimate of drug-likeness (QED) is 0.681. The highest BCUT2D eigenvalue weighted by Crippen LogP contribution is 2.27. The Morgan fingerprint density at radius 3 is 2.88 bits per heavy atom. The summed E-state index contributed by atoms with van der Waals surface area (Å²) in [5.41, 5.74) is 0.346. The third-order valence-electron chi connectivity index (χ3n) is 2.65. The molecule has 0 spiro atoms. The van der Waals surface area contributed by atoms with E-state index < -0.39 is 11.6 Å². The Kier molecular flexibility index (Phi) is 3.58. The van der Waals surface area contributed by atoms with Crippen LogP contribution in [0.25, 0.3) is 0 Å². The average molecular weight is 238 g/mol. The molecule has 4 nitrogen and oxygen atoms in total. The van der Waals surface area contributed by atoms with E-state index in [-0.39, 0.29) is 12.5 Å². The molecular weight excluding hydrogens is 223 g/mol. The molecule has 0 bridgehead atoms. The number of carbonyl (C=O) groups is 1. The van der Waals surface area contributed by atoms with Crippen molar-refractivity contribution in [1.29, 1.82) is 0 Å². The second-order valence-corrected chi connectivity index (χ2v) is 4.29. The minimum absolute atomic E-state index is 0.212. The van der Waals surface area contributed by atoms with Crippen molar-refractivity contribution >= 4 is 11.6 Å². The molecule has 5 heteroatoms. The number of phenolic OH excluding ortho intramolecular Hbond substituents is 1. The maximum atomic E-state index is 13.0. The number of hydrogen-bond acceptors (Lipinski definition) is 3. The second-order valence-electron chi connectivity index (χ2n) is 4.29. The molecule has 1 saturated carbocycles. The lowest BCUT2D eigenvalue weighted by Crippen LogP contribution is -2.29. The maximum absolute atomic E-state index is 13.0. The second kappa shape index (κ2) is 5.14. The lowest BCUT2D eigenvalue weighted by atomic mass is 10.3. The smallest absolute Gasteiger partial charge is 0.238 e. The van der Waals surface area contributed by atoms with Crippen molar-refractivity contribution in [2.24, 2.45) is 5.92 Å². The molecular formula is C12H15FN2O2. The van der Waals surface area contributed by atoms with Gasteiger partial charge in [0, 0.05) is 11.8 Å². The van der Waals surface area contributed by atoms with Crippen LogP contribution in [0.5, 0.6) is 5.75 Å². The fourth-order valence-electron chi connectivity index (χ4n) is 1.50. The molecule has 1 aromatic carbocycles. The number of hydrogen-bond donors (Lipinski definition) is 3. The van der Waals surface area contributed by atoms with Gasteiger partial charge in [0.25, 0.3) is 0 Å². The number of halogens is 1. The van der Waals surface area contributed by atoms with Crippen molar-refractivity contribution in [2.75, 3.05) is 18.4 Å². The molecule has 0 aliphatic heterocycles. The van der Waals surface area contributed by atoms with Gasteiger partial charge in [-0.2, -0.15) is 0 Å². The fourth-order valence-corrected chi connectivity index (χ4v) is 1.50. The number of amides is 1. The molecule has 1 aliphatic rings. The first-order valence-electron chi connectivity index (χ1n) is 5.64.